The molecule has 6 heteroatoms. The second kappa shape index (κ2) is 8.31. The molecule has 0 saturated heterocycles. The molecule has 2 rings (SSSR count). The molecule has 2 aromatic rings. The number of ether oxygens (including phenoxy) is 2. The quantitative estimate of drug-likeness (QED) is 0.482. The normalized spacial score (nSPS) is 10.1. The SMILES string of the molecule is CCOC(=O)C(=O)Sc1cc(=O)cc(OC)cc1-c1ccccc1. The molecule has 0 amide bonds. The molecule has 0 aliphatic heterocycles. The maximum Gasteiger partial charge on any atom is 0.386 e. The van der Waals surface area contributed by atoms with Gasteiger partial charge >= 0.3 is 11.1 Å². The summed E-state index contributed by atoms with van der Waals surface area (Å²) in [6, 6.07) is 13.5. The predicted octanol–water partition coefficient (Wildman–Crippen LogP) is 2.90. The Morgan fingerprint density at radius 1 is 1.08 bits per heavy atom. The van der Waals surface area contributed by atoms with Crippen molar-refractivity contribution in [1.29, 1.82) is 0 Å². The highest BCUT2D eigenvalue weighted by Gasteiger charge is 2.19. The summed E-state index contributed by atoms with van der Waals surface area (Å²) in [4.78, 5) is 36.0. The minimum absolute atomic E-state index is 0.111. The van der Waals surface area contributed by atoms with Crippen LogP contribution < -0.4 is 10.2 Å². The van der Waals surface area contributed by atoms with E-state index in [0.29, 0.717) is 28.0 Å². The van der Waals surface area contributed by atoms with Gasteiger partial charge in [0.2, 0.25) is 0 Å². The number of carbonyl (C=O) groups excluding carboxylic acids is 2. The van der Waals surface area contributed by atoms with Crippen molar-refractivity contribution in [3.8, 4) is 16.9 Å². The first-order valence-electron chi connectivity index (χ1n) is 7.23. The third-order valence-electron chi connectivity index (χ3n) is 3.08. The standard InChI is InChI=1S/C18H16O5S/c1-3-23-17(20)18(21)24-16-10-13(19)9-14(22-2)11-15(16)12-7-5-4-6-8-12/h4-11H,3H2,1-2H3. The van der Waals surface area contributed by atoms with Crippen LogP contribution in [0.5, 0.6) is 5.75 Å². The van der Waals surface area contributed by atoms with Crippen LogP contribution >= 0.6 is 11.8 Å². The van der Waals surface area contributed by atoms with Gasteiger partial charge in [0.05, 0.1) is 13.7 Å². The van der Waals surface area contributed by atoms with E-state index in [1.807, 2.05) is 30.3 Å². The fourth-order valence-corrected chi connectivity index (χ4v) is 2.82. The fourth-order valence-electron chi connectivity index (χ4n) is 2.02. The summed E-state index contributed by atoms with van der Waals surface area (Å²) in [5.74, 6) is -0.568. The Morgan fingerprint density at radius 3 is 2.42 bits per heavy atom. The zero-order chi connectivity index (χ0) is 17.5. The second-order valence-corrected chi connectivity index (χ2v) is 5.71. The second-order valence-electron chi connectivity index (χ2n) is 4.70. The van der Waals surface area contributed by atoms with Crippen LogP contribution in [0.3, 0.4) is 0 Å². The first-order valence-corrected chi connectivity index (χ1v) is 8.04. The van der Waals surface area contributed by atoms with Crippen LogP contribution in [-0.2, 0) is 14.3 Å². The number of benzene rings is 1. The lowest BCUT2D eigenvalue weighted by Gasteiger charge is -2.06. The number of esters is 1. The number of carbonyl (C=O) groups is 2. The molecule has 0 radical (unpaired) electrons. The lowest BCUT2D eigenvalue weighted by molar-refractivity contribution is -0.149. The molecular formula is C18H16O5S. The number of rotatable bonds is 4. The minimum Gasteiger partial charge on any atom is -0.497 e. The van der Waals surface area contributed by atoms with E-state index < -0.39 is 11.1 Å². The number of methoxy groups -OCH3 is 1. The Balaban J connectivity index is 2.55. The zero-order valence-corrected chi connectivity index (χ0v) is 14.1. The van der Waals surface area contributed by atoms with E-state index in [1.165, 1.54) is 19.2 Å². The van der Waals surface area contributed by atoms with Gasteiger partial charge in [-0.3, -0.25) is 9.59 Å². The van der Waals surface area contributed by atoms with Crippen molar-refractivity contribution >= 4 is 22.8 Å². The lowest BCUT2D eigenvalue weighted by atomic mass is 10.1. The topological polar surface area (TPSA) is 69.7 Å². The average Bonchev–Trinajstić information content (AvgIpc) is 2.74. The molecular weight excluding hydrogens is 328 g/mol. The van der Waals surface area contributed by atoms with Gasteiger partial charge in [0.15, 0.2) is 5.43 Å². The van der Waals surface area contributed by atoms with E-state index in [0.717, 1.165) is 5.56 Å². The molecule has 0 aliphatic rings. The molecule has 2 aromatic carbocycles. The van der Waals surface area contributed by atoms with Crippen molar-refractivity contribution in [3.63, 3.8) is 0 Å². The van der Waals surface area contributed by atoms with Crippen LogP contribution in [0.15, 0.2) is 58.2 Å². The summed E-state index contributed by atoms with van der Waals surface area (Å²) in [6.45, 7) is 1.73. The molecule has 0 bridgehead atoms. The molecule has 0 fully saturated rings. The first kappa shape index (κ1) is 17.7. The average molecular weight is 344 g/mol. The minimum atomic E-state index is -0.938. The molecule has 0 spiro atoms. The summed E-state index contributed by atoms with van der Waals surface area (Å²) < 4.78 is 9.89. The molecule has 0 atom stereocenters. The number of hydrogen-bond donors (Lipinski definition) is 0. The van der Waals surface area contributed by atoms with Crippen molar-refractivity contribution in [2.24, 2.45) is 0 Å². The van der Waals surface area contributed by atoms with Gasteiger partial charge < -0.3 is 9.47 Å². The summed E-state index contributed by atoms with van der Waals surface area (Å²) in [6.07, 6.45) is 0. The molecule has 0 aromatic heterocycles. The van der Waals surface area contributed by atoms with Crippen LogP contribution in [0.2, 0.25) is 0 Å². The summed E-state index contributed by atoms with van der Waals surface area (Å²) in [5, 5.41) is -0.779. The van der Waals surface area contributed by atoms with Gasteiger partial charge in [-0.1, -0.05) is 30.3 Å². The maximum atomic E-state index is 12.0. The van der Waals surface area contributed by atoms with Crippen molar-refractivity contribution in [1.82, 2.24) is 0 Å². The van der Waals surface area contributed by atoms with Crippen molar-refractivity contribution in [2.45, 2.75) is 11.8 Å². The smallest absolute Gasteiger partial charge is 0.386 e. The molecule has 124 valence electrons. The van der Waals surface area contributed by atoms with E-state index in [1.54, 1.807) is 13.0 Å². The Hall–Kier alpha value is -2.60. The molecule has 24 heavy (non-hydrogen) atoms. The number of thioether (sulfide) groups is 1. The number of hydrogen-bond acceptors (Lipinski definition) is 6. The fraction of sp³-hybridized carbons (Fsp3) is 0.167. The third kappa shape index (κ3) is 4.45. The Bertz CT molecular complexity index is 802. The highest BCUT2D eigenvalue weighted by molar-refractivity contribution is 8.15. The van der Waals surface area contributed by atoms with E-state index >= 15 is 0 Å². The van der Waals surface area contributed by atoms with Gasteiger partial charge in [0.1, 0.15) is 5.75 Å². The summed E-state index contributed by atoms with van der Waals surface area (Å²) in [7, 11) is 1.46. The zero-order valence-electron chi connectivity index (χ0n) is 13.3. The Kier molecular flexibility index (Phi) is 6.14. The summed E-state index contributed by atoms with van der Waals surface area (Å²) in [5.41, 5.74) is 1.09. The Morgan fingerprint density at radius 2 is 1.79 bits per heavy atom. The first-order chi connectivity index (χ1) is 11.5. The van der Waals surface area contributed by atoms with Crippen LogP contribution in [0.4, 0.5) is 0 Å². The van der Waals surface area contributed by atoms with Crippen LogP contribution in [0.25, 0.3) is 11.1 Å². The van der Waals surface area contributed by atoms with E-state index in [-0.39, 0.29) is 12.0 Å². The highest BCUT2D eigenvalue weighted by atomic mass is 32.2. The van der Waals surface area contributed by atoms with Gasteiger partial charge in [-0.05, 0) is 35.9 Å². The van der Waals surface area contributed by atoms with Gasteiger partial charge in [-0.2, -0.15) is 0 Å². The van der Waals surface area contributed by atoms with Gasteiger partial charge in [-0.25, -0.2) is 4.79 Å². The summed E-state index contributed by atoms with van der Waals surface area (Å²) >= 11 is 0.671. The molecule has 0 saturated carbocycles. The third-order valence-corrected chi connectivity index (χ3v) is 3.98. The molecule has 0 unspecified atom stereocenters. The van der Waals surface area contributed by atoms with Crippen LogP contribution in [-0.4, -0.2) is 24.8 Å². The van der Waals surface area contributed by atoms with E-state index in [2.05, 4.69) is 0 Å². The van der Waals surface area contributed by atoms with Crippen molar-refractivity contribution in [3.05, 3.63) is 58.8 Å². The van der Waals surface area contributed by atoms with E-state index in [4.69, 9.17) is 9.47 Å². The predicted molar refractivity (Wildman–Crippen MR) is 92.2 cm³/mol. The molecule has 0 heterocycles. The highest BCUT2D eigenvalue weighted by Crippen LogP contribution is 2.32. The lowest BCUT2D eigenvalue weighted by Crippen LogP contribution is -2.13. The van der Waals surface area contributed by atoms with Crippen molar-refractivity contribution < 1.29 is 19.1 Å². The van der Waals surface area contributed by atoms with Crippen molar-refractivity contribution in [2.75, 3.05) is 13.7 Å². The van der Waals surface area contributed by atoms with Gasteiger partial charge in [-0.15, -0.1) is 0 Å². The van der Waals surface area contributed by atoms with Gasteiger partial charge in [0, 0.05) is 17.0 Å². The molecule has 0 N–H and O–H groups in total. The van der Waals surface area contributed by atoms with Crippen LogP contribution in [0, 0.1) is 0 Å². The van der Waals surface area contributed by atoms with Crippen LogP contribution in [0.1, 0.15) is 6.92 Å². The monoisotopic (exact) mass is 344 g/mol. The van der Waals surface area contributed by atoms with Gasteiger partial charge in [0.25, 0.3) is 0 Å². The molecule has 0 aliphatic carbocycles. The van der Waals surface area contributed by atoms with E-state index in [9.17, 15) is 14.4 Å². The Labute approximate surface area is 143 Å². The largest absolute Gasteiger partial charge is 0.497 e. The molecule has 5 nitrogen and oxygen atoms in total. The maximum absolute atomic E-state index is 12.0.